The zero-order chi connectivity index (χ0) is 23.2. The largest absolute Gasteiger partial charge is 0.497 e. The van der Waals surface area contributed by atoms with E-state index in [4.69, 9.17) is 4.74 Å². The van der Waals surface area contributed by atoms with Crippen molar-refractivity contribution in [3.05, 3.63) is 52.3 Å². The first kappa shape index (κ1) is 25.1. The maximum Gasteiger partial charge on any atom is 0.270 e. The first-order valence-corrected chi connectivity index (χ1v) is 12.9. The lowest BCUT2D eigenvalue weighted by atomic mass is 9.58. The van der Waals surface area contributed by atoms with Gasteiger partial charge in [0.1, 0.15) is 11.4 Å². The lowest BCUT2D eigenvalue weighted by Crippen LogP contribution is -2.54. The van der Waals surface area contributed by atoms with Gasteiger partial charge < -0.3 is 19.5 Å². The van der Waals surface area contributed by atoms with Crippen LogP contribution in [0.5, 0.6) is 5.75 Å². The third kappa shape index (κ3) is 4.37. The molecule has 1 amide bonds. The van der Waals surface area contributed by atoms with Crippen LogP contribution in [0.4, 0.5) is 0 Å². The number of piperidine rings is 1. The van der Waals surface area contributed by atoms with Crippen LogP contribution in [0, 0.1) is 18.8 Å². The summed E-state index contributed by atoms with van der Waals surface area (Å²) < 4.78 is 5.61. The molecular formula is C28H40ClN3O2. The Morgan fingerprint density at radius 2 is 2.03 bits per heavy atom. The molecule has 2 heterocycles. The smallest absolute Gasteiger partial charge is 0.270 e. The fourth-order valence-corrected chi connectivity index (χ4v) is 6.45. The van der Waals surface area contributed by atoms with Crippen LogP contribution in [-0.4, -0.2) is 60.5 Å². The van der Waals surface area contributed by atoms with Crippen LogP contribution in [0.1, 0.15) is 66.0 Å². The second-order valence-electron chi connectivity index (χ2n) is 10.5. The van der Waals surface area contributed by atoms with Gasteiger partial charge in [-0.15, -0.1) is 12.4 Å². The van der Waals surface area contributed by atoms with Crippen LogP contribution >= 0.6 is 12.4 Å². The molecule has 186 valence electrons. The Labute approximate surface area is 210 Å². The summed E-state index contributed by atoms with van der Waals surface area (Å²) in [5, 5.41) is 0. The van der Waals surface area contributed by atoms with Crippen molar-refractivity contribution in [3.63, 3.8) is 0 Å². The molecule has 0 bridgehead atoms. The highest BCUT2D eigenvalue weighted by atomic mass is 35.5. The number of carbonyl (C=O) groups excluding carboxylic acids is 1. The van der Waals surface area contributed by atoms with E-state index in [0.29, 0.717) is 5.92 Å². The first-order chi connectivity index (χ1) is 16.0. The number of hydrogen-bond acceptors (Lipinski definition) is 3. The number of H-pyrrole nitrogens is 1. The summed E-state index contributed by atoms with van der Waals surface area (Å²) in [5.41, 5.74) is 6.12. The standard InChI is InChI=1S/C28H39N3O2.ClH/c1-5-31(6-2)27(32)26-19(3)24-15-22-18-30(17-20-10-11-20)13-12-28(22,16-25(24)29-26)21-8-7-9-23(14-21)33-4;/h7-9,14,20,22,29H,5-6,10-13,15-18H2,1-4H3;1H/t22-,28+;/m1./s1. The van der Waals surface area contributed by atoms with Crippen molar-refractivity contribution in [1.29, 1.82) is 0 Å². The number of methoxy groups -OCH3 is 1. The molecule has 2 fully saturated rings. The molecule has 5 nitrogen and oxygen atoms in total. The van der Waals surface area contributed by atoms with Crippen LogP contribution in [0.2, 0.25) is 0 Å². The number of hydrogen-bond donors (Lipinski definition) is 1. The molecule has 3 aliphatic rings. The quantitative estimate of drug-likeness (QED) is 0.600. The monoisotopic (exact) mass is 485 g/mol. The Bertz CT molecular complexity index is 1030. The van der Waals surface area contributed by atoms with E-state index >= 15 is 0 Å². The van der Waals surface area contributed by atoms with E-state index in [1.165, 1.54) is 41.8 Å². The Morgan fingerprint density at radius 3 is 2.71 bits per heavy atom. The molecular weight excluding hydrogens is 446 g/mol. The Kier molecular flexibility index (Phi) is 7.35. The van der Waals surface area contributed by atoms with Crippen LogP contribution in [0.15, 0.2) is 24.3 Å². The number of likely N-dealkylation sites (tertiary alicyclic amines) is 1. The number of rotatable bonds is 7. The normalized spacial score (nSPS) is 24.1. The first-order valence-electron chi connectivity index (χ1n) is 12.9. The summed E-state index contributed by atoms with van der Waals surface area (Å²) in [6.07, 6.45) is 5.99. The molecule has 2 atom stereocenters. The molecule has 1 aromatic carbocycles. The molecule has 1 saturated carbocycles. The lowest BCUT2D eigenvalue weighted by Gasteiger charge is -2.51. The second-order valence-corrected chi connectivity index (χ2v) is 10.5. The SMILES string of the molecule is CCN(CC)C(=O)c1[nH]c2c(c1C)C[C@@H]1CN(CC3CC3)CC[C@@]1(c1cccc(OC)c1)C2.Cl. The number of fused-ring (bicyclic) bond motifs is 2. The summed E-state index contributed by atoms with van der Waals surface area (Å²) in [6.45, 7) is 11.3. The van der Waals surface area contributed by atoms with E-state index in [9.17, 15) is 4.79 Å². The number of carbonyl (C=O) groups is 1. The van der Waals surface area contributed by atoms with Crippen molar-refractivity contribution in [1.82, 2.24) is 14.8 Å². The van der Waals surface area contributed by atoms with Crippen molar-refractivity contribution < 1.29 is 9.53 Å². The third-order valence-electron chi connectivity index (χ3n) is 8.67. The van der Waals surface area contributed by atoms with Gasteiger partial charge in [0.05, 0.1) is 7.11 Å². The van der Waals surface area contributed by atoms with E-state index < -0.39 is 0 Å². The Morgan fingerprint density at radius 1 is 1.26 bits per heavy atom. The molecule has 0 radical (unpaired) electrons. The summed E-state index contributed by atoms with van der Waals surface area (Å²) in [5.74, 6) is 2.55. The number of aromatic amines is 1. The van der Waals surface area contributed by atoms with Gasteiger partial charge in [0.2, 0.25) is 0 Å². The minimum Gasteiger partial charge on any atom is -0.497 e. The molecule has 34 heavy (non-hydrogen) atoms. The van der Waals surface area contributed by atoms with Gasteiger partial charge in [0.25, 0.3) is 5.91 Å². The van der Waals surface area contributed by atoms with Gasteiger partial charge in [-0.05, 0) is 100 Å². The number of ether oxygens (including phenoxy) is 1. The molecule has 5 rings (SSSR count). The number of nitrogens with one attached hydrogen (secondary N) is 1. The van der Waals surface area contributed by atoms with Crippen molar-refractivity contribution in [3.8, 4) is 5.75 Å². The topological polar surface area (TPSA) is 48.6 Å². The minimum atomic E-state index is 0. The maximum absolute atomic E-state index is 13.2. The van der Waals surface area contributed by atoms with Gasteiger partial charge in [-0.1, -0.05) is 12.1 Å². The minimum absolute atomic E-state index is 0. The fourth-order valence-electron chi connectivity index (χ4n) is 6.45. The highest BCUT2D eigenvalue weighted by Crippen LogP contribution is 2.49. The van der Waals surface area contributed by atoms with Crippen LogP contribution in [0.25, 0.3) is 0 Å². The average Bonchev–Trinajstić information content (AvgIpc) is 3.60. The molecule has 2 aromatic rings. The van der Waals surface area contributed by atoms with Crippen molar-refractivity contribution in [2.75, 3.05) is 39.8 Å². The van der Waals surface area contributed by atoms with Gasteiger partial charge in [-0.3, -0.25) is 4.79 Å². The highest BCUT2D eigenvalue weighted by molar-refractivity contribution is 5.94. The predicted octanol–water partition coefficient (Wildman–Crippen LogP) is 5.00. The fraction of sp³-hybridized carbons (Fsp3) is 0.607. The number of benzene rings is 1. The van der Waals surface area contributed by atoms with Gasteiger partial charge in [0.15, 0.2) is 0 Å². The van der Waals surface area contributed by atoms with Gasteiger partial charge >= 0.3 is 0 Å². The summed E-state index contributed by atoms with van der Waals surface area (Å²) in [4.78, 5) is 21.5. The van der Waals surface area contributed by atoms with E-state index in [2.05, 4.69) is 48.9 Å². The van der Waals surface area contributed by atoms with Crippen molar-refractivity contribution >= 4 is 18.3 Å². The van der Waals surface area contributed by atoms with Crippen LogP contribution < -0.4 is 4.74 Å². The van der Waals surface area contributed by atoms with E-state index in [-0.39, 0.29) is 23.7 Å². The third-order valence-corrected chi connectivity index (χ3v) is 8.67. The van der Waals surface area contributed by atoms with Crippen molar-refractivity contribution in [2.45, 2.75) is 58.3 Å². The molecule has 1 saturated heterocycles. The van der Waals surface area contributed by atoms with E-state index in [0.717, 1.165) is 62.8 Å². The summed E-state index contributed by atoms with van der Waals surface area (Å²) in [7, 11) is 1.75. The van der Waals surface area contributed by atoms with E-state index in [1.54, 1.807) is 7.11 Å². The van der Waals surface area contributed by atoms with Crippen LogP contribution in [0.3, 0.4) is 0 Å². The molecule has 1 N–H and O–H groups in total. The highest BCUT2D eigenvalue weighted by Gasteiger charge is 2.49. The predicted molar refractivity (Wildman–Crippen MR) is 139 cm³/mol. The Hall–Kier alpha value is -1.98. The number of amides is 1. The summed E-state index contributed by atoms with van der Waals surface area (Å²) in [6, 6.07) is 8.74. The zero-order valence-corrected chi connectivity index (χ0v) is 22.0. The maximum atomic E-state index is 13.2. The number of aromatic nitrogens is 1. The average molecular weight is 486 g/mol. The second kappa shape index (κ2) is 9.94. The van der Waals surface area contributed by atoms with Crippen molar-refractivity contribution in [2.24, 2.45) is 11.8 Å². The summed E-state index contributed by atoms with van der Waals surface area (Å²) >= 11 is 0. The van der Waals surface area contributed by atoms with Gasteiger partial charge in [0, 0.05) is 37.3 Å². The van der Waals surface area contributed by atoms with Gasteiger partial charge in [-0.25, -0.2) is 0 Å². The molecule has 2 aliphatic carbocycles. The number of nitrogens with zero attached hydrogens (tertiary/aromatic N) is 2. The lowest BCUT2D eigenvalue weighted by molar-refractivity contribution is 0.0764. The molecule has 1 aliphatic heterocycles. The molecule has 0 spiro atoms. The Balaban J connectivity index is 0.00000274. The molecule has 6 heteroatoms. The molecule has 1 aromatic heterocycles. The van der Waals surface area contributed by atoms with E-state index in [1.807, 2.05) is 11.0 Å². The number of halogens is 1. The van der Waals surface area contributed by atoms with Crippen LogP contribution in [-0.2, 0) is 18.3 Å². The molecule has 0 unspecified atom stereocenters. The van der Waals surface area contributed by atoms with Gasteiger partial charge in [-0.2, -0.15) is 0 Å². The zero-order valence-electron chi connectivity index (χ0n) is 21.2.